The fourth-order valence-electron chi connectivity index (χ4n) is 1.74. The first-order valence-electron chi connectivity index (χ1n) is 5.90. The molecule has 0 amide bonds. The molecule has 0 N–H and O–H groups in total. The first-order valence-corrected chi connectivity index (χ1v) is 7.32. The maximum Gasteiger partial charge on any atom is 0.0929 e. The third kappa shape index (κ3) is 4.40. The molecule has 1 aromatic rings. The van der Waals surface area contributed by atoms with Crippen molar-refractivity contribution in [2.45, 2.75) is 45.5 Å². The van der Waals surface area contributed by atoms with E-state index in [1.807, 2.05) is 0 Å². The minimum absolute atomic E-state index is 0.531. The Balaban J connectivity index is 2.29. The third-order valence-corrected chi connectivity index (χ3v) is 3.94. The van der Waals surface area contributed by atoms with Gasteiger partial charge in [0.1, 0.15) is 0 Å². The smallest absolute Gasteiger partial charge is 0.0929 e. The minimum atomic E-state index is 0.531. The first kappa shape index (κ1) is 13.9. The summed E-state index contributed by atoms with van der Waals surface area (Å²) in [7, 11) is 0. The normalized spacial score (nSPS) is 11.6. The minimum Gasteiger partial charge on any atom is -0.301 e. The SMILES string of the molecule is CCN(CCCc1nc(CCl)cs1)C(C)C. The Bertz CT molecular complexity index is 299. The molecule has 1 rings (SSSR count). The summed E-state index contributed by atoms with van der Waals surface area (Å²) in [6.45, 7) is 9.00. The molecule has 92 valence electrons. The molecule has 0 spiro atoms. The Labute approximate surface area is 108 Å². The van der Waals surface area contributed by atoms with Crippen LogP contribution in [0, 0.1) is 0 Å². The van der Waals surface area contributed by atoms with Crippen molar-refractivity contribution in [1.82, 2.24) is 9.88 Å². The van der Waals surface area contributed by atoms with Gasteiger partial charge in [-0.1, -0.05) is 6.92 Å². The number of halogens is 1. The van der Waals surface area contributed by atoms with Gasteiger partial charge in [-0.3, -0.25) is 0 Å². The van der Waals surface area contributed by atoms with Crippen molar-refractivity contribution in [3.8, 4) is 0 Å². The molecule has 2 nitrogen and oxygen atoms in total. The largest absolute Gasteiger partial charge is 0.301 e. The van der Waals surface area contributed by atoms with E-state index < -0.39 is 0 Å². The van der Waals surface area contributed by atoms with E-state index in [4.69, 9.17) is 11.6 Å². The predicted octanol–water partition coefficient (Wildman–Crippen LogP) is 3.54. The van der Waals surface area contributed by atoms with E-state index in [-0.39, 0.29) is 0 Å². The summed E-state index contributed by atoms with van der Waals surface area (Å²) in [5.74, 6) is 0.531. The molecule has 0 saturated heterocycles. The lowest BCUT2D eigenvalue weighted by molar-refractivity contribution is 0.231. The fraction of sp³-hybridized carbons (Fsp3) is 0.750. The van der Waals surface area contributed by atoms with E-state index in [2.05, 4.69) is 36.0 Å². The van der Waals surface area contributed by atoms with Crippen molar-refractivity contribution in [1.29, 1.82) is 0 Å². The molecule has 1 heterocycles. The second-order valence-corrected chi connectivity index (χ2v) is 5.40. The van der Waals surface area contributed by atoms with E-state index in [1.165, 1.54) is 11.4 Å². The second-order valence-electron chi connectivity index (χ2n) is 4.19. The van der Waals surface area contributed by atoms with Gasteiger partial charge in [-0.15, -0.1) is 22.9 Å². The number of hydrogen-bond acceptors (Lipinski definition) is 3. The molecule has 0 aromatic carbocycles. The average molecular weight is 261 g/mol. The highest BCUT2D eigenvalue weighted by molar-refractivity contribution is 7.09. The van der Waals surface area contributed by atoms with E-state index in [0.29, 0.717) is 11.9 Å². The van der Waals surface area contributed by atoms with Crippen LogP contribution in [0.2, 0.25) is 0 Å². The summed E-state index contributed by atoms with van der Waals surface area (Å²) in [5, 5.41) is 3.28. The molecular weight excluding hydrogens is 240 g/mol. The summed E-state index contributed by atoms with van der Waals surface area (Å²) < 4.78 is 0. The van der Waals surface area contributed by atoms with Crippen LogP contribution < -0.4 is 0 Å². The maximum absolute atomic E-state index is 5.72. The second kappa shape index (κ2) is 7.25. The van der Waals surface area contributed by atoms with E-state index in [1.54, 1.807) is 11.3 Å². The van der Waals surface area contributed by atoms with Gasteiger partial charge in [0.05, 0.1) is 16.6 Å². The van der Waals surface area contributed by atoms with Crippen LogP contribution in [-0.4, -0.2) is 29.0 Å². The van der Waals surface area contributed by atoms with Gasteiger partial charge in [0.25, 0.3) is 0 Å². The van der Waals surface area contributed by atoms with Gasteiger partial charge in [-0.2, -0.15) is 0 Å². The molecule has 0 fully saturated rings. The van der Waals surface area contributed by atoms with E-state index in [0.717, 1.165) is 25.2 Å². The van der Waals surface area contributed by atoms with Gasteiger partial charge in [-0.05, 0) is 33.4 Å². The molecule has 0 saturated carbocycles. The molecule has 0 atom stereocenters. The lowest BCUT2D eigenvalue weighted by atomic mass is 10.2. The number of nitrogens with zero attached hydrogens (tertiary/aromatic N) is 2. The monoisotopic (exact) mass is 260 g/mol. The molecule has 4 heteroatoms. The van der Waals surface area contributed by atoms with Crippen LogP contribution in [0.25, 0.3) is 0 Å². The Morgan fingerprint density at radius 1 is 1.50 bits per heavy atom. The predicted molar refractivity (Wildman–Crippen MR) is 72.4 cm³/mol. The Kier molecular flexibility index (Phi) is 6.32. The number of alkyl halides is 1. The standard InChI is InChI=1S/C12H21ClN2S/c1-4-15(10(2)3)7-5-6-12-14-11(8-13)9-16-12/h9-10H,4-8H2,1-3H3. The fourth-order valence-corrected chi connectivity index (χ4v) is 2.81. The quantitative estimate of drug-likeness (QED) is 0.697. The summed E-state index contributed by atoms with van der Waals surface area (Å²) in [6, 6.07) is 0.639. The van der Waals surface area contributed by atoms with E-state index in [9.17, 15) is 0 Å². The van der Waals surface area contributed by atoms with Crippen LogP contribution in [0.4, 0.5) is 0 Å². The number of hydrogen-bond donors (Lipinski definition) is 0. The van der Waals surface area contributed by atoms with Crippen LogP contribution in [0.1, 0.15) is 37.9 Å². The van der Waals surface area contributed by atoms with Crippen molar-refractivity contribution in [3.63, 3.8) is 0 Å². The van der Waals surface area contributed by atoms with E-state index >= 15 is 0 Å². The van der Waals surface area contributed by atoms with Gasteiger partial charge < -0.3 is 4.90 Å². The zero-order valence-electron chi connectivity index (χ0n) is 10.4. The number of rotatable bonds is 7. The molecular formula is C12H21ClN2S. The van der Waals surface area contributed by atoms with Gasteiger partial charge in [0.2, 0.25) is 0 Å². The molecule has 0 aliphatic heterocycles. The lowest BCUT2D eigenvalue weighted by Gasteiger charge is -2.24. The highest BCUT2D eigenvalue weighted by atomic mass is 35.5. The molecule has 0 bridgehead atoms. The Morgan fingerprint density at radius 2 is 2.25 bits per heavy atom. The topological polar surface area (TPSA) is 16.1 Å². The molecule has 0 unspecified atom stereocenters. The highest BCUT2D eigenvalue weighted by Crippen LogP contribution is 2.13. The first-order chi connectivity index (χ1) is 7.67. The molecule has 0 radical (unpaired) electrons. The third-order valence-electron chi connectivity index (χ3n) is 2.71. The molecule has 16 heavy (non-hydrogen) atoms. The Hall–Kier alpha value is -0.120. The Morgan fingerprint density at radius 3 is 2.75 bits per heavy atom. The number of thiazole rings is 1. The zero-order chi connectivity index (χ0) is 12.0. The molecule has 1 aromatic heterocycles. The average Bonchev–Trinajstić information content (AvgIpc) is 2.71. The number of aromatic nitrogens is 1. The van der Waals surface area contributed by atoms with Crippen molar-refractivity contribution in [2.24, 2.45) is 0 Å². The zero-order valence-corrected chi connectivity index (χ0v) is 11.9. The van der Waals surface area contributed by atoms with Crippen LogP contribution >= 0.6 is 22.9 Å². The van der Waals surface area contributed by atoms with Crippen LogP contribution in [0.15, 0.2) is 5.38 Å². The number of aryl methyl sites for hydroxylation is 1. The van der Waals surface area contributed by atoms with Gasteiger partial charge in [-0.25, -0.2) is 4.98 Å². The molecule has 0 aliphatic rings. The lowest BCUT2D eigenvalue weighted by Crippen LogP contribution is -2.31. The van der Waals surface area contributed by atoms with Crippen molar-refractivity contribution < 1.29 is 0 Å². The summed E-state index contributed by atoms with van der Waals surface area (Å²) in [6.07, 6.45) is 2.26. The van der Waals surface area contributed by atoms with Crippen molar-refractivity contribution >= 4 is 22.9 Å². The van der Waals surface area contributed by atoms with Crippen LogP contribution in [0.5, 0.6) is 0 Å². The van der Waals surface area contributed by atoms with Crippen LogP contribution in [0.3, 0.4) is 0 Å². The van der Waals surface area contributed by atoms with Crippen molar-refractivity contribution in [2.75, 3.05) is 13.1 Å². The summed E-state index contributed by atoms with van der Waals surface area (Å²) in [4.78, 5) is 6.95. The highest BCUT2D eigenvalue weighted by Gasteiger charge is 2.07. The van der Waals surface area contributed by atoms with Crippen molar-refractivity contribution in [3.05, 3.63) is 16.1 Å². The van der Waals surface area contributed by atoms with Gasteiger partial charge >= 0.3 is 0 Å². The van der Waals surface area contributed by atoms with Gasteiger partial charge in [0, 0.05) is 17.8 Å². The van der Waals surface area contributed by atoms with Crippen LogP contribution in [-0.2, 0) is 12.3 Å². The summed E-state index contributed by atoms with van der Waals surface area (Å²) >= 11 is 7.45. The van der Waals surface area contributed by atoms with Gasteiger partial charge in [0.15, 0.2) is 0 Å². The maximum atomic E-state index is 5.72. The molecule has 0 aliphatic carbocycles. The summed E-state index contributed by atoms with van der Waals surface area (Å²) in [5.41, 5.74) is 1.01.